The summed E-state index contributed by atoms with van der Waals surface area (Å²) in [5.41, 5.74) is 7.50. The Hall–Kier alpha value is -1.78. The van der Waals surface area contributed by atoms with E-state index in [9.17, 15) is 8.78 Å². The van der Waals surface area contributed by atoms with Gasteiger partial charge in [0.25, 0.3) is 0 Å². The predicted molar refractivity (Wildman–Crippen MR) is 76.1 cm³/mol. The van der Waals surface area contributed by atoms with Crippen LogP contribution in [0.25, 0.3) is 0 Å². The fourth-order valence-electron chi connectivity index (χ4n) is 2.20. The summed E-state index contributed by atoms with van der Waals surface area (Å²) in [6.07, 6.45) is 0. The van der Waals surface area contributed by atoms with Gasteiger partial charge in [-0.25, -0.2) is 8.78 Å². The molecule has 1 atom stereocenters. The lowest BCUT2D eigenvalue weighted by Crippen LogP contribution is -2.29. The van der Waals surface area contributed by atoms with Crippen LogP contribution in [-0.4, -0.2) is 18.5 Å². The van der Waals surface area contributed by atoms with Crippen molar-refractivity contribution in [2.24, 2.45) is 5.73 Å². The Kier molecular flexibility index (Phi) is 4.82. The molecule has 0 saturated carbocycles. The summed E-state index contributed by atoms with van der Waals surface area (Å²) in [5.74, 6) is -1.18. The standard InChI is InChI=1S/C16H18F2N2/c1-20(10-12-5-3-2-4-6-12)11-16(19)14-8-7-13(17)9-15(14)18/h2-9,16H,10-11,19H2,1H3. The van der Waals surface area contributed by atoms with Crippen molar-refractivity contribution in [3.63, 3.8) is 0 Å². The topological polar surface area (TPSA) is 29.3 Å². The highest BCUT2D eigenvalue weighted by molar-refractivity contribution is 5.22. The van der Waals surface area contributed by atoms with Crippen LogP contribution in [0.4, 0.5) is 8.78 Å². The summed E-state index contributed by atoms with van der Waals surface area (Å²) in [6, 6.07) is 13.0. The molecule has 0 aliphatic carbocycles. The average molecular weight is 276 g/mol. The van der Waals surface area contributed by atoms with Gasteiger partial charge in [0, 0.05) is 30.8 Å². The van der Waals surface area contributed by atoms with E-state index in [1.807, 2.05) is 42.3 Å². The van der Waals surface area contributed by atoms with E-state index >= 15 is 0 Å². The maximum absolute atomic E-state index is 13.6. The van der Waals surface area contributed by atoms with E-state index in [2.05, 4.69) is 0 Å². The van der Waals surface area contributed by atoms with Crippen LogP contribution in [-0.2, 0) is 6.54 Å². The summed E-state index contributed by atoms with van der Waals surface area (Å²) < 4.78 is 26.5. The van der Waals surface area contributed by atoms with Gasteiger partial charge in [-0.3, -0.25) is 0 Å². The Morgan fingerprint density at radius 1 is 1.10 bits per heavy atom. The summed E-state index contributed by atoms with van der Waals surface area (Å²) in [6.45, 7) is 1.23. The van der Waals surface area contributed by atoms with Crippen LogP contribution in [0, 0.1) is 11.6 Å². The van der Waals surface area contributed by atoms with Gasteiger partial charge in [0.1, 0.15) is 11.6 Å². The fourth-order valence-corrected chi connectivity index (χ4v) is 2.20. The minimum absolute atomic E-state index is 0.339. The molecule has 20 heavy (non-hydrogen) atoms. The molecule has 0 saturated heterocycles. The molecule has 0 amide bonds. The smallest absolute Gasteiger partial charge is 0.130 e. The van der Waals surface area contributed by atoms with Gasteiger partial charge >= 0.3 is 0 Å². The first kappa shape index (κ1) is 14.6. The second-order valence-corrected chi connectivity index (χ2v) is 4.95. The first-order valence-electron chi connectivity index (χ1n) is 6.49. The zero-order valence-electron chi connectivity index (χ0n) is 11.4. The summed E-state index contributed by atoms with van der Waals surface area (Å²) >= 11 is 0. The van der Waals surface area contributed by atoms with E-state index in [0.717, 1.165) is 12.6 Å². The third kappa shape index (κ3) is 3.85. The van der Waals surface area contributed by atoms with Gasteiger partial charge in [-0.1, -0.05) is 36.4 Å². The molecule has 0 aliphatic heterocycles. The lowest BCUT2D eigenvalue weighted by molar-refractivity contribution is 0.302. The normalized spacial score (nSPS) is 12.7. The highest BCUT2D eigenvalue weighted by Crippen LogP contribution is 2.17. The van der Waals surface area contributed by atoms with Crippen molar-refractivity contribution in [3.8, 4) is 0 Å². The number of hydrogen-bond acceptors (Lipinski definition) is 2. The number of rotatable bonds is 5. The van der Waals surface area contributed by atoms with Crippen molar-refractivity contribution in [2.45, 2.75) is 12.6 Å². The van der Waals surface area contributed by atoms with Crippen LogP contribution in [0.1, 0.15) is 17.2 Å². The number of nitrogens with zero attached hydrogens (tertiary/aromatic N) is 1. The molecule has 0 spiro atoms. The summed E-state index contributed by atoms with van der Waals surface area (Å²) in [5, 5.41) is 0. The predicted octanol–water partition coefficient (Wildman–Crippen LogP) is 3.10. The quantitative estimate of drug-likeness (QED) is 0.909. The molecule has 2 aromatic rings. The SMILES string of the molecule is CN(Cc1ccccc1)CC(N)c1ccc(F)cc1F. The molecule has 2 nitrogen and oxygen atoms in total. The number of benzene rings is 2. The maximum atomic E-state index is 13.6. The van der Waals surface area contributed by atoms with Gasteiger partial charge in [0.05, 0.1) is 0 Å². The molecule has 106 valence electrons. The first-order chi connectivity index (χ1) is 9.56. The highest BCUT2D eigenvalue weighted by Gasteiger charge is 2.14. The molecule has 2 rings (SSSR count). The molecule has 0 radical (unpaired) electrons. The number of nitrogens with two attached hydrogens (primary N) is 1. The van der Waals surface area contributed by atoms with Crippen LogP contribution >= 0.6 is 0 Å². The van der Waals surface area contributed by atoms with Crippen LogP contribution in [0.5, 0.6) is 0 Å². The van der Waals surface area contributed by atoms with Crippen molar-refractivity contribution in [3.05, 3.63) is 71.3 Å². The van der Waals surface area contributed by atoms with E-state index < -0.39 is 17.7 Å². The third-order valence-electron chi connectivity index (χ3n) is 3.17. The minimum atomic E-state index is -0.592. The molecule has 0 heterocycles. The van der Waals surface area contributed by atoms with Crippen molar-refractivity contribution < 1.29 is 8.78 Å². The van der Waals surface area contributed by atoms with Crippen LogP contribution in [0.2, 0.25) is 0 Å². The minimum Gasteiger partial charge on any atom is -0.323 e. The Morgan fingerprint density at radius 3 is 2.45 bits per heavy atom. The number of likely N-dealkylation sites (N-methyl/N-ethyl adjacent to an activating group) is 1. The second-order valence-electron chi connectivity index (χ2n) is 4.95. The monoisotopic (exact) mass is 276 g/mol. The molecule has 0 fully saturated rings. The first-order valence-corrected chi connectivity index (χ1v) is 6.49. The van der Waals surface area contributed by atoms with Crippen molar-refractivity contribution in [1.29, 1.82) is 0 Å². The van der Waals surface area contributed by atoms with E-state index in [1.54, 1.807) is 0 Å². The van der Waals surface area contributed by atoms with Gasteiger partial charge in [-0.05, 0) is 18.7 Å². The molecular weight excluding hydrogens is 258 g/mol. The van der Waals surface area contributed by atoms with E-state index in [4.69, 9.17) is 5.73 Å². The molecular formula is C16H18F2N2. The third-order valence-corrected chi connectivity index (χ3v) is 3.17. The zero-order valence-corrected chi connectivity index (χ0v) is 11.4. The summed E-state index contributed by atoms with van der Waals surface area (Å²) in [4.78, 5) is 2.02. The van der Waals surface area contributed by atoms with Crippen LogP contribution in [0.15, 0.2) is 48.5 Å². The van der Waals surface area contributed by atoms with E-state index in [0.29, 0.717) is 12.1 Å². The second kappa shape index (κ2) is 6.59. The molecule has 0 aliphatic rings. The Balaban J connectivity index is 1.98. The zero-order chi connectivity index (χ0) is 14.5. The molecule has 1 unspecified atom stereocenters. The van der Waals surface area contributed by atoms with Crippen LogP contribution in [0.3, 0.4) is 0 Å². The molecule has 2 aromatic carbocycles. The highest BCUT2D eigenvalue weighted by atomic mass is 19.1. The van der Waals surface area contributed by atoms with Gasteiger partial charge in [0.2, 0.25) is 0 Å². The van der Waals surface area contributed by atoms with Gasteiger partial charge in [-0.2, -0.15) is 0 Å². The number of halogens is 2. The maximum Gasteiger partial charge on any atom is 0.130 e. The van der Waals surface area contributed by atoms with Crippen molar-refractivity contribution in [1.82, 2.24) is 4.90 Å². The number of hydrogen-bond donors (Lipinski definition) is 1. The van der Waals surface area contributed by atoms with E-state index in [1.165, 1.54) is 17.7 Å². The van der Waals surface area contributed by atoms with Crippen molar-refractivity contribution >= 4 is 0 Å². The summed E-state index contributed by atoms with van der Waals surface area (Å²) in [7, 11) is 1.92. The Morgan fingerprint density at radius 2 is 1.80 bits per heavy atom. The Bertz CT molecular complexity index is 558. The molecule has 0 bridgehead atoms. The largest absolute Gasteiger partial charge is 0.323 e. The van der Waals surface area contributed by atoms with Gasteiger partial charge in [-0.15, -0.1) is 0 Å². The lowest BCUT2D eigenvalue weighted by atomic mass is 10.1. The molecule has 4 heteroatoms. The molecule has 2 N–H and O–H groups in total. The van der Waals surface area contributed by atoms with Crippen molar-refractivity contribution in [2.75, 3.05) is 13.6 Å². The van der Waals surface area contributed by atoms with Gasteiger partial charge < -0.3 is 10.6 Å². The average Bonchev–Trinajstić information content (AvgIpc) is 2.39. The van der Waals surface area contributed by atoms with Gasteiger partial charge in [0.15, 0.2) is 0 Å². The van der Waals surface area contributed by atoms with E-state index in [-0.39, 0.29) is 0 Å². The lowest BCUT2D eigenvalue weighted by Gasteiger charge is -2.22. The Labute approximate surface area is 117 Å². The fraction of sp³-hybridized carbons (Fsp3) is 0.250. The van der Waals surface area contributed by atoms with Crippen LogP contribution < -0.4 is 5.73 Å². The molecule has 0 aromatic heterocycles.